The first-order valence-electron chi connectivity index (χ1n) is 5.04. The van der Waals surface area contributed by atoms with Gasteiger partial charge in [0.1, 0.15) is 19.1 Å². The predicted octanol–water partition coefficient (Wildman–Crippen LogP) is -2.52. The van der Waals surface area contributed by atoms with E-state index in [0.29, 0.717) is 4.73 Å². The summed E-state index contributed by atoms with van der Waals surface area (Å²) in [7, 11) is -4.35. The fourth-order valence-corrected chi connectivity index (χ4v) is 1.43. The highest BCUT2D eigenvalue weighted by Gasteiger charge is 2.18. The van der Waals surface area contributed by atoms with Gasteiger partial charge in [0.15, 0.2) is 0 Å². The second-order valence-corrected chi connectivity index (χ2v) is 5.08. The first-order chi connectivity index (χ1) is 8.81. The number of nitrogens with one attached hydrogen (secondary N) is 1. The van der Waals surface area contributed by atoms with Gasteiger partial charge in [-0.3, -0.25) is 14.3 Å². The van der Waals surface area contributed by atoms with Crippen molar-refractivity contribution in [2.75, 3.05) is 19.6 Å². The van der Waals surface area contributed by atoms with Crippen LogP contribution in [-0.2, 0) is 9.30 Å². The standard InChI is InChI=1S/C8H13N2O8P/c11-3-6(17-5-19(14,15)16)4-18-10-2-1-7(12)9-8(10)13/h1-2,6,11H,3-5H2,(H,9,12,13)(H2,14,15,16)/t6-/m0/s1. The SMILES string of the molecule is O=c1ccn(OC[C@H](CO)OCP(=O)(O)O)c(=O)[nH]1. The Kier molecular flexibility index (Phi) is 5.45. The van der Waals surface area contributed by atoms with Crippen LogP contribution in [0.1, 0.15) is 0 Å². The number of aliphatic hydroxyl groups excluding tert-OH is 1. The minimum absolute atomic E-state index is 0.331. The number of ether oxygens (including phenoxy) is 1. The molecule has 0 saturated heterocycles. The Labute approximate surface area is 106 Å². The molecule has 0 aliphatic heterocycles. The summed E-state index contributed by atoms with van der Waals surface area (Å²) in [6.07, 6.45) is -0.827. The van der Waals surface area contributed by atoms with E-state index in [0.717, 1.165) is 12.3 Å². The number of hydrogen-bond acceptors (Lipinski definition) is 6. The maximum Gasteiger partial charge on any atom is 0.361 e. The molecule has 1 aromatic rings. The van der Waals surface area contributed by atoms with Crippen LogP contribution in [0.25, 0.3) is 0 Å². The molecule has 0 spiro atoms. The van der Waals surface area contributed by atoms with Gasteiger partial charge >= 0.3 is 13.3 Å². The fourth-order valence-electron chi connectivity index (χ4n) is 1.03. The number of rotatable bonds is 7. The van der Waals surface area contributed by atoms with E-state index in [2.05, 4.69) is 0 Å². The molecule has 0 fully saturated rings. The number of aliphatic hydroxyl groups is 1. The van der Waals surface area contributed by atoms with Crippen molar-refractivity contribution in [1.82, 2.24) is 9.71 Å². The highest BCUT2D eigenvalue weighted by Crippen LogP contribution is 2.34. The van der Waals surface area contributed by atoms with Crippen LogP contribution < -0.4 is 16.1 Å². The van der Waals surface area contributed by atoms with Crippen LogP contribution in [0.3, 0.4) is 0 Å². The number of aromatic nitrogens is 2. The zero-order valence-electron chi connectivity index (χ0n) is 9.63. The molecule has 1 atom stereocenters. The lowest BCUT2D eigenvalue weighted by atomic mass is 10.4. The van der Waals surface area contributed by atoms with Crippen LogP contribution in [0.4, 0.5) is 0 Å². The minimum Gasteiger partial charge on any atom is -0.407 e. The van der Waals surface area contributed by atoms with E-state index in [-0.39, 0.29) is 6.61 Å². The smallest absolute Gasteiger partial charge is 0.361 e. The Morgan fingerprint density at radius 3 is 2.63 bits per heavy atom. The third-order valence-corrected chi connectivity index (χ3v) is 2.36. The van der Waals surface area contributed by atoms with Crippen molar-refractivity contribution >= 4 is 7.60 Å². The van der Waals surface area contributed by atoms with Gasteiger partial charge < -0.3 is 24.5 Å². The molecule has 0 saturated carbocycles. The van der Waals surface area contributed by atoms with Crippen LogP contribution in [0, 0.1) is 0 Å². The van der Waals surface area contributed by atoms with Crippen LogP contribution in [0.5, 0.6) is 0 Å². The molecule has 1 rings (SSSR count). The summed E-state index contributed by atoms with van der Waals surface area (Å²) in [5.41, 5.74) is -1.42. The summed E-state index contributed by atoms with van der Waals surface area (Å²) >= 11 is 0. The Morgan fingerprint density at radius 1 is 1.42 bits per heavy atom. The van der Waals surface area contributed by atoms with Gasteiger partial charge in [0.2, 0.25) is 0 Å². The zero-order valence-corrected chi connectivity index (χ0v) is 10.5. The summed E-state index contributed by atoms with van der Waals surface area (Å²) in [6.45, 7) is -0.888. The quantitative estimate of drug-likeness (QED) is 0.402. The molecule has 0 bridgehead atoms. The van der Waals surface area contributed by atoms with Crippen LogP contribution in [0.15, 0.2) is 21.9 Å². The molecule has 0 radical (unpaired) electrons. The molecule has 1 aromatic heterocycles. The number of nitrogens with zero attached hydrogens (tertiary/aromatic N) is 1. The average molecular weight is 296 g/mol. The van der Waals surface area contributed by atoms with Crippen molar-refractivity contribution in [2.24, 2.45) is 0 Å². The number of hydrogen-bond donors (Lipinski definition) is 4. The molecule has 19 heavy (non-hydrogen) atoms. The summed E-state index contributed by atoms with van der Waals surface area (Å²) in [5.74, 6) is 0. The van der Waals surface area contributed by atoms with Crippen LogP contribution in [-0.4, -0.2) is 50.3 Å². The molecule has 108 valence electrons. The van der Waals surface area contributed by atoms with E-state index in [1.807, 2.05) is 4.98 Å². The summed E-state index contributed by atoms with van der Waals surface area (Å²) < 4.78 is 16.0. The second kappa shape index (κ2) is 6.64. The molecular formula is C8H13N2O8P. The van der Waals surface area contributed by atoms with Crippen molar-refractivity contribution < 1.29 is 29.0 Å². The van der Waals surface area contributed by atoms with Crippen LogP contribution in [0.2, 0.25) is 0 Å². The van der Waals surface area contributed by atoms with Gasteiger partial charge in [-0.05, 0) is 0 Å². The molecule has 0 unspecified atom stereocenters. The summed E-state index contributed by atoms with van der Waals surface area (Å²) in [6, 6.07) is 1.05. The normalized spacial score (nSPS) is 13.2. The maximum absolute atomic E-state index is 11.2. The lowest BCUT2D eigenvalue weighted by Crippen LogP contribution is -2.37. The van der Waals surface area contributed by atoms with E-state index < -0.39 is 37.9 Å². The molecule has 10 nitrogen and oxygen atoms in total. The molecule has 0 amide bonds. The zero-order chi connectivity index (χ0) is 14.5. The lowest BCUT2D eigenvalue weighted by molar-refractivity contribution is -0.0376. The van der Waals surface area contributed by atoms with Crippen molar-refractivity contribution in [3.05, 3.63) is 33.1 Å². The average Bonchev–Trinajstić information content (AvgIpc) is 2.30. The number of aromatic amines is 1. The van der Waals surface area contributed by atoms with Crippen molar-refractivity contribution in [1.29, 1.82) is 0 Å². The molecule has 0 aromatic carbocycles. The third-order valence-electron chi connectivity index (χ3n) is 1.87. The fraction of sp³-hybridized carbons (Fsp3) is 0.500. The topological polar surface area (TPSA) is 151 Å². The Hall–Kier alpha value is -1.45. The lowest BCUT2D eigenvalue weighted by Gasteiger charge is -2.16. The van der Waals surface area contributed by atoms with Crippen molar-refractivity contribution in [2.45, 2.75) is 6.10 Å². The molecule has 0 aliphatic carbocycles. The van der Waals surface area contributed by atoms with Gasteiger partial charge in [-0.25, -0.2) is 4.79 Å². The van der Waals surface area contributed by atoms with Gasteiger partial charge in [0.05, 0.1) is 12.8 Å². The van der Waals surface area contributed by atoms with E-state index >= 15 is 0 Å². The van der Waals surface area contributed by atoms with Gasteiger partial charge in [-0.2, -0.15) is 0 Å². The van der Waals surface area contributed by atoms with Gasteiger partial charge in [-0.1, -0.05) is 0 Å². The first-order valence-corrected chi connectivity index (χ1v) is 6.84. The van der Waals surface area contributed by atoms with Crippen LogP contribution >= 0.6 is 7.60 Å². The highest BCUT2D eigenvalue weighted by molar-refractivity contribution is 7.51. The predicted molar refractivity (Wildman–Crippen MR) is 61.6 cm³/mol. The Morgan fingerprint density at radius 2 is 2.11 bits per heavy atom. The largest absolute Gasteiger partial charge is 0.407 e. The van der Waals surface area contributed by atoms with Gasteiger partial charge in [0.25, 0.3) is 5.56 Å². The summed E-state index contributed by atoms with van der Waals surface area (Å²) in [4.78, 5) is 46.0. The minimum atomic E-state index is -4.35. The second-order valence-electron chi connectivity index (χ2n) is 3.50. The molecule has 1 heterocycles. The first kappa shape index (κ1) is 15.6. The highest BCUT2D eigenvalue weighted by atomic mass is 31.2. The Bertz CT molecular complexity index is 560. The monoisotopic (exact) mass is 296 g/mol. The molecule has 0 aliphatic rings. The van der Waals surface area contributed by atoms with E-state index in [1.165, 1.54) is 0 Å². The Balaban J connectivity index is 2.56. The van der Waals surface area contributed by atoms with Crippen molar-refractivity contribution in [3.63, 3.8) is 0 Å². The third kappa shape index (κ3) is 5.81. The molecule has 11 heteroatoms. The van der Waals surface area contributed by atoms with E-state index in [1.54, 1.807) is 0 Å². The molecular weight excluding hydrogens is 283 g/mol. The summed E-state index contributed by atoms with van der Waals surface area (Å²) in [5, 5.41) is 8.91. The van der Waals surface area contributed by atoms with Gasteiger partial charge in [0, 0.05) is 6.07 Å². The van der Waals surface area contributed by atoms with E-state index in [4.69, 9.17) is 24.5 Å². The van der Waals surface area contributed by atoms with E-state index in [9.17, 15) is 14.2 Å². The van der Waals surface area contributed by atoms with Crippen molar-refractivity contribution in [3.8, 4) is 0 Å². The molecule has 4 N–H and O–H groups in total. The van der Waals surface area contributed by atoms with Gasteiger partial charge in [-0.15, -0.1) is 4.73 Å². The maximum atomic E-state index is 11.2. The number of H-pyrrole nitrogens is 1.